The molecule has 0 fully saturated rings. The largest absolute Gasteiger partial charge is 0.380 e. The van der Waals surface area contributed by atoms with Crippen LogP contribution in [0.25, 0.3) is 0 Å². The predicted octanol–water partition coefficient (Wildman–Crippen LogP) is 3.89. The van der Waals surface area contributed by atoms with Crippen molar-refractivity contribution < 1.29 is 9.53 Å². The average molecular weight is 336 g/mol. The number of hydrogen-bond acceptors (Lipinski definition) is 3. The van der Waals surface area contributed by atoms with Gasteiger partial charge in [-0.3, -0.25) is 4.79 Å². The number of halogens is 1. The van der Waals surface area contributed by atoms with Gasteiger partial charge in [0.2, 0.25) is 5.91 Å². The molecule has 0 radical (unpaired) electrons. The van der Waals surface area contributed by atoms with Crippen LogP contribution in [0.1, 0.15) is 11.1 Å². The number of hydrogen-bond donors (Lipinski definition) is 1. The number of amides is 1. The van der Waals surface area contributed by atoms with E-state index in [-0.39, 0.29) is 5.91 Å². The van der Waals surface area contributed by atoms with Gasteiger partial charge in [0.05, 0.1) is 17.4 Å². The van der Waals surface area contributed by atoms with Gasteiger partial charge in [-0.1, -0.05) is 48.0 Å². The SMILES string of the molecule is COCc1ccccc1CNC(=O)CSc1ccccc1Cl. The van der Waals surface area contributed by atoms with Crippen LogP contribution >= 0.6 is 23.4 Å². The van der Waals surface area contributed by atoms with Crippen molar-refractivity contribution in [2.75, 3.05) is 12.9 Å². The van der Waals surface area contributed by atoms with E-state index in [0.29, 0.717) is 23.9 Å². The number of rotatable bonds is 7. The number of carbonyl (C=O) groups is 1. The second-order valence-corrected chi connectivity index (χ2v) is 6.12. The number of ether oxygens (including phenoxy) is 1. The van der Waals surface area contributed by atoms with Crippen LogP contribution in [0.5, 0.6) is 0 Å². The van der Waals surface area contributed by atoms with E-state index in [1.807, 2.05) is 48.5 Å². The molecule has 0 unspecified atom stereocenters. The third-order valence-corrected chi connectivity index (χ3v) is 4.60. The minimum Gasteiger partial charge on any atom is -0.380 e. The first-order valence-electron chi connectivity index (χ1n) is 6.90. The molecule has 0 aliphatic rings. The van der Waals surface area contributed by atoms with E-state index in [1.165, 1.54) is 11.8 Å². The second kappa shape index (κ2) is 8.83. The van der Waals surface area contributed by atoms with E-state index in [2.05, 4.69) is 5.32 Å². The molecule has 22 heavy (non-hydrogen) atoms. The summed E-state index contributed by atoms with van der Waals surface area (Å²) in [4.78, 5) is 12.9. The van der Waals surface area contributed by atoms with E-state index in [0.717, 1.165) is 16.0 Å². The molecule has 0 saturated heterocycles. The highest BCUT2D eigenvalue weighted by Crippen LogP contribution is 2.26. The summed E-state index contributed by atoms with van der Waals surface area (Å²) in [6.45, 7) is 1.04. The number of nitrogens with one attached hydrogen (secondary N) is 1. The van der Waals surface area contributed by atoms with Crippen LogP contribution in [0, 0.1) is 0 Å². The van der Waals surface area contributed by atoms with Crippen LogP contribution < -0.4 is 5.32 Å². The average Bonchev–Trinajstić information content (AvgIpc) is 2.53. The zero-order valence-electron chi connectivity index (χ0n) is 12.3. The Morgan fingerprint density at radius 2 is 1.82 bits per heavy atom. The summed E-state index contributed by atoms with van der Waals surface area (Å²) in [5.41, 5.74) is 2.16. The van der Waals surface area contributed by atoms with Gasteiger partial charge in [0.25, 0.3) is 0 Å². The Hall–Kier alpha value is -1.49. The minimum absolute atomic E-state index is 0.0165. The second-order valence-electron chi connectivity index (χ2n) is 4.70. The van der Waals surface area contributed by atoms with Crippen LogP contribution in [-0.4, -0.2) is 18.8 Å². The lowest BCUT2D eigenvalue weighted by molar-refractivity contribution is -0.118. The van der Waals surface area contributed by atoms with E-state index in [9.17, 15) is 4.79 Å². The van der Waals surface area contributed by atoms with E-state index < -0.39 is 0 Å². The smallest absolute Gasteiger partial charge is 0.230 e. The van der Waals surface area contributed by atoms with Gasteiger partial charge in [-0.2, -0.15) is 0 Å². The predicted molar refractivity (Wildman–Crippen MR) is 91.2 cm³/mol. The molecule has 0 spiro atoms. The summed E-state index contributed by atoms with van der Waals surface area (Å²) in [7, 11) is 1.66. The third kappa shape index (κ3) is 5.05. The molecule has 1 amide bonds. The Balaban J connectivity index is 1.84. The van der Waals surface area contributed by atoms with Crippen molar-refractivity contribution >= 4 is 29.3 Å². The number of carbonyl (C=O) groups excluding carboxylic acids is 1. The van der Waals surface area contributed by atoms with Crippen LogP contribution in [0.2, 0.25) is 5.02 Å². The van der Waals surface area contributed by atoms with E-state index >= 15 is 0 Å². The molecule has 0 aromatic heterocycles. The van der Waals surface area contributed by atoms with Gasteiger partial charge >= 0.3 is 0 Å². The van der Waals surface area contributed by atoms with Gasteiger partial charge in [0.15, 0.2) is 0 Å². The molecule has 0 atom stereocenters. The van der Waals surface area contributed by atoms with Crippen molar-refractivity contribution in [3.63, 3.8) is 0 Å². The maximum atomic E-state index is 12.0. The van der Waals surface area contributed by atoms with Crippen LogP contribution in [-0.2, 0) is 22.7 Å². The number of thioether (sulfide) groups is 1. The summed E-state index contributed by atoms with van der Waals surface area (Å²) in [6, 6.07) is 15.4. The molecular formula is C17H18ClNO2S. The van der Waals surface area contributed by atoms with Crippen molar-refractivity contribution in [2.45, 2.75) is 18.0 Å². The fourth-order valence-electron chi connectivity index (χ4n) is 1.98. The molecule has 2 aromatic rings. The molecule has 0 saturated carbocycles. The quantitative estimate of drug-likeness (QED) is 0.780. The third-order valence-electron chi connectivity index (χ3n) is 3.09. The molecule has 116 valence electrons. The van der Waals surface area contributed by atoms with Gasteiger partial charge in [-0.15, -0.1) is 11.8 Å². The summed E-state index contributed by atoms with van der Waals surface area (Å²) in [6.07, 6.45) is 0. The van der Waals surface area contributed by atoms with Crippen LogP contribution in [0.4, 0.5) is 0 Å². The zero-order chi connectivity index (χ0) is 15.8. The Kier molecular flexibility index (Phi) is 6.77. The van der Waals surface area contributed by atoms with Crippen molar-refractivity contribution in [1.82, 2.24) is 5.32 Å². The highest BCUT2D eigenvalue weighted by Gasteiger charge is 2.07. The van der Waals surface area contributed by atoms with Crippen molar-refractivity contribution in [2.24, 2.45) is 0 Å². The van der Waals surface area contributed by atoms with Gasteiger partial charge in [-0.25, -0.2) is 0 Å². The van der Waals surface area contributed by atoms with Crippen LogP contribution in [0.3, 0.4) is 0 Å². The van der Waals surface area contributed by atoms with Gasteiger partial charge in [-0.05, 0) is 23.3 Å². The highest BCUT2D eigenvalue weighted by atomic mass is 35.5. The molecular weight excluding hydrogens is 318 g/mol. The standard InChI is InChI=1S/C17H18ClNO2S/c1-21-11-14-7-3-2-6-13(14)10-19-17(20)12-22-16-9-5-4-8-15(16)18/h2-9H,10-12H2,1H3,(H,19,20). The lowest BCUT2D eigenvalue weighted by Gasteiger charge is -2.10. The van der Waals surface area contributed by atoms with Gasteiger partial charge in [0, 0.05) is 18.6 Å². The fraction of sp³-hybridized carbons (Fsp3) is 0.235. The Morgan fingerprint density at radius 3 is 2.55 bits per heavy atom. The molecule has 1 N–H and O–H groups in total. The molecule has 5 heteroatoms. The first-order chi connectivity index (χ1) is 10.7. The molecule has 0 aliphatic heterocycles. The topological polar surface area (TPSA) is 38.3 Å². The van der Waals surface area contributed by atoms with E-state index in [1.54, 1.807) is 7.11 Å². The molecule has 2 rings (SSSR count). The summed E-state index contributed by atoms with van der Waals surface area (Å²) >= 11 is 7.51. The lowest BCUT2D eigenvalue weighted by atomic mass is 10.1. The van der Waals surface area contributed by atoms with Gasteiger partial charge in [0.1, 0.15) is 0 Å². The fourth-order valence-corrected chi connectivity index (χ4v) is 3.04. The maximum absolute atomic E-state index is 12.0. The monoisotopic (exact) mass is 335 g/mol. The van der Waals surface area contributed by atoms with Gasteiger partial charge < -0.3 is 10.1 Å². The molecule has 0 aliphatic carbocycles. The zero-order valence-corrected chi connectivity index (χ0v) is 13.9. The summed E-state index contributed by atoms with van der Waals surface area (Å²) in [5, 5.41) is 3.60. The highest BCUT2D eigenvalue weighted by molar-refractivity contribution is 8.00. The number of benzene rings is 2. The Labute approximate surface area is 140 Å². The van der Waals surface area contributed by atoms with Crippen molar-refractivity contribution in [3.05, 3.63) is 64.7 Å². The lowest BCUT2D eigenvalue weighted by Crippen LogP contribution is -2.25. The normalized spacial score (nSPS) is 10.5. The van der Waals surface area contributed by atoms with Crippen molar-refractivity contribution in [1.29, 1.82) is 0 Å². The first kappa shape index (κ1) is 16.9. The minimum atomic E-state index is -0.0165. The Morgan fingerprint density at radius 1 is 1.14 bits per heavy atom. The van der Waals surface area contributed by atoms with Crippen LogP contribution in [0.15, 0.2) is 53.4 Å². The first-order valence-corrected chi connectivity index (χ1v) is 8.27. The van der Waals surface area contributed by atoms with E-state index in [4.69, 9.17) is 16.3 Å². The van der Waals surface area contributed by atoms with Crippen molar-refractivity contribution in [3.8, 4) is 0 Å². The summed E-state index contributed by atoms with van der Waals surface area (Å²) in [5.74, 6) is 0.327. The molecule has 0 heterocycles. The Bertz CT molecular complexity index is 634. The molecule has 3 nitrogen and oxygen atoms in total. The molecule has 0 bridgehead atoms. The summed E-state index contributed by atoms with van der Waals surface area (Å²) < 4.78 is 5.16. The molecule has 2 aromatic carbocycles. The number of methoxy groups -OCH3 is 1. The maximum Gasteiger partial charge on any atom is 0.230 e.